The molecule has 2 rings (SSSR count). The molecule has 0 fully saturated rings. The first kappa shape index (κ1) is 14.2. The van der Waals surface area contributed by atoms with Crippen LogP contribution in [0.4, 0.5) is 0 Å². The summed E-state index contributed by atoms with van der Waals surface area (Å²) in [7, 11) is -3.66. The van der Waals surface area contributed by atoms with Crippen molar-refractivity contribution in [3.63, 3.8) is 0 Å². The van der Waals surface area contributed by atoms with Gasteiger partial charge in [-0.3, -0.25) is 4.79 Å². The second kappa shape index (κ2) is 5.41. The van der Waals surface area contributed by atoms with Crippen LogP contribution in [0.3, 0.4) is 0 Å². The van der Waals surface area contributed by atoms with Crippen LogP contribution in [0.25, 0.3) is 0 Å². The number of primary sulfonamides is 1. The number of nitrogens with one attached hydrogen (secondary N) is 1. The Kier molecular flexibility index (Phi) is 4.04. The molecule has 0 aliphatic rings. The van der Waals surface area contributed by atoms with Crippen molar-refractivity contribution < 1.29 is 13.2 Å². The van der Waals surface area contributed by atoms with Crippen LogP contribution >= 0.6 is 22.7 Å². The van der Waals surface area contributed by atoms with Crippen LogP contribution in [0.5, 0.6) is 0 Å². The summed E-state index contributed by atoms with van der Waals surface area (Å²) in [6, 6.07) is 4.97. The Bertz CT molecular complexity index is 700. The summed E-state index contributed by atoms with van der Waals surface area (Å²) in [5.74, 6) is -0.155. The fourth-order valence-corrected chi connectivity index (χ4v) is 4.02. The van der Waals surface area contributed by atoms with Crippen molar-refractivity contribution in [2.75, 3.05) is 0 Å². The predicted molar refractivity (Wildman–Crippen MR) is 75.9 cm³/mol. The van der Waals surface area contributed by atoms with Crippen molar-refractivity contribution in [2.24, 2.45) is 5.14 Å². The van der Waals surface area contributed by atoms with Gasteiger partial charge in [-0.25, -0.2) is 13.6 Å². The molecule has 2 aromatic heterocycles. The Hall–Kier alpha value is -1.22. The molecule has 5 nitrogen and oxygen atoms in total. The summed E-state index contributed by atoms with van der Waals surface area (Å²) in [5, 5.41) is 9.63. The number of hydrogen-bond donors (Lipinski definition) is 2. The Balaban J connectivity index is 2.02. The minimum absolute atomic E-state index is 0.101. The van der Waals surface area contributed by atoms with E-state index in [9.17, 15) is 13.2 Å². The van der Waals surface area contributed by atoms with Crippen molar-refractivity contribution >= 4 is 38.6 Å². The quantitative estimate of drug-likeness (QED) is 0.899. The SMILES string of the molecule is Cc1ccsc1C(=O)NCc1ccc(S(N)(=O)=O)s1. The molecular formula is C11H12N2O3S3. The van der Waals surface area contributed by atoms with Crippen molar-refractivity contribution in [2.45, 2.75) is 17.7 Å². The lowest BCUT2D eigenvalue weighted by Gasteiger charge is -2.02. The number of hydrogen-bond acceptors (Lipinski definition) is 5. The predicted octanol–water partition coefficient (Wildman–Crippen LogP) is 1.70. The van der Waals surface area contributed by atoms with Crippen LogP contribution in [0.2, 0.25) is 0 Å². The average molecular weight is 316 g/mol. The lowest BCUT2D eigenvalue weighted by molar-refractivity contribution is 0.0955. The first-order valence-corrected chi connectivity index (χ1v) is 8.56. The largest absolute Gasteiger partial charge is 0.346 e. The normalized spacial score (nSPS) is 11.5. The molecule has 0 spiro atoms. The molecular weight excluding hydrogens is 304 g/mol. The average Bonchev–Trinajstić information content (AvgIpc) is 2.93. The van der Waals surface area contributed by atoms with Gasteiger partial charge in [0.05, 0.1) is 11.4 Å². The number of nitrogens with two attached hydrogens (primary N) is 1. The third-order valence-electron chi connectivity index (χ3n) is 2.41. The van der Waals surface area contributed by atoms with E-state index in [4.69, 9.17) is 5.14 Å². The summed E-state index contributed by atoms with van der Waals surface area (Å²) in [5.41, 5.74) is 0.930. The minimum Gasteiger partial charge on any atom is -0.346 e. The number of carbonyl (C=O) groups excluding carboxylic acids is 1. The topological polar surface area (TPSA) is 89.3 Å². The van der Waals surface area contributed by atoms with Gasteiger partial charge in [0, 0.05) is 4.88 Å². The van der Waals surface area contributed by atoms with Gasteiger partial charge in [-0.1, -0.05) is 0 Å². The fraction of sp³-hybridized carbons (Fsp3) is 0.182. The highest BCUT2D eigenvalue weighted by Gasteiger charge is 2.13. The van der Waals surface area contributed by atoms with Crippen LogP contribution in [0.15, 0.2) is 27.8 Å². The molecule has 0 radical (unpaired) electrons. The van der Waals surface area contributed by atoms with Gasteiger partial charge in [-0.15, -0.1) is 22.7 Å². The van der Waals surface area contributed by atoms with E-state index in [-0.39, 0.29) is 16.7 Å². The van der Waals surface area contributed by atoms with E-state index in [2.05, 4.69) is 5.32 Å². The van der Waals surface area contributed by atoms with E-state index >= 15 is 0 Å². The Morgan fingerprint density at radius 3 is 2.63 bits per heavy atom. The van der Waals surface area contributed by atoms with Crippen LogP contribution in [-0.4, -0.2) is 14.3 Å². The van der Waals surface area contributed by atoms with E-state index in [1.165, 1.54) is 17.4 Å². The second-order valence-corrected chi connectivity index (χ2v) is 7.75. The summed E-state index contributed by atoms with van der Waals surface area (Å²) in [6.45, 7) is 2.16. The maximum Gasteiger partial charge on any atom is 0.261 e. The molecule has 0 aliphatic heterocycles. The van der Waals surface area contributed by atoms with Gasteiger partial charge in [0.2, 0.25) is 10.0 Å². The maximum atomic E-state index is 11.9. The van der Waals surface area contributed by atoms with Gasteiger partial charge in [0.15, 0.2) is 0 Å². The highest BCUT2D eigenvalue weighted by Crippen LogP contribution is 2.20. The lowest BCUT2D eigenvalue weighted by atomic mass is 10.3. The van der Waals surface area contributed by atoms with E-state index in [0.717, 1.165) is 21.8 Å². The van der Waals surface area contributed by atoms with Crippen LogP contribution < -0.4 is 10.5 Å². The van der Waals surface area contributed by atoms with Gasteiger partial charge in [0.25, 0.3) is 5.91 Å². The number of aryl methyl sites for hydroxylation is 1. The highest BCUT2D eigenvalue weighted by molar-refractivity contribution is 7.91. The molecule has 1 amide bonds. The number of sulfonamides is 1. The van der Waals surface area contributed by atoms with E-state index in [1.54, 1.807) is 6.07 Å². The molecule has 2 heterocycles. The van der Waals surface area contributed by atoms with Gasteiger partial charge in [-0.2, -0.15) is 0 Å². The minimum atomic E-state index is -3.66. The zero-order valence-electron chi connectivity index (χ0n) is 10.0. The molecule has 0 saturated carbocycles. The van der Waals surface area contributed by atoms with Gasteiger partial charge in [0.1, 0.15) is 4.21 Å². The van der Waals surface area contributed by atoms with Crippen LogP contribution in [0.1, 0.15) is 20.1 Å². The van der Waals surface area contributed by atoms with E-state index in [0.29, 0.717) is 4.88 Å². The lowest BCUT2D eigenvalue weighted by Crippen LogP contribution is -2.21. The number of carbonyl (C=O) groups is 1. The zero-order valence-corrected chi connectivity index (χ0v) is 12.5. The van der Waals surface area contributed by atoms with E-state index < -0.39 is 10.0 Å². The van der Waals surface area contributed by atoms with Crippen molar-refractivity contribution in [3.8, 4) is 0 Å². The van der Waals surface area contributed by atoms with Gasteiger partial charge >= 0.3 is 0 Å². The standard InChI is InChI=1S/C11H12N2O3S3/c1-7-4-5-17-10(7)11(14)13-6-8-2-3-9(18-8)19(12,15)16/h2-5H,6H2,1H3,(H,13,14)(H2,12,15,16). The highest BCUT2D eigenvalue weighted by atomic mass is 32.2. The van der Waals surface area contributed by atoms with Crippen molar-refractivity contribution in [3.05, 3.63) is 38.9 Å². The molecule has 0 atom stereocenters. The Labute approximate surface area is 119 Å². The third-order valence-corrected chi connectivity index (χ3v) is 5.95. The number of thiophene rings is 2. The van der Waals surface area contributed by atoms with Crippen molar-refractivity contribution in [1.29, 1.82) is 0 Å². The summed E-state index contributed by atoms with van der Waals surface area (Å²) in [4.78, 5) is 13.3. The Morgan fingerprint density at radius 1 is 1.37 bits per heavy atom. The molecule has 3 N–H and O–H groups in total. The molecule has 2 aromatic rings. The molecule has 0 saturated heterocycles. The van der Waals surface area contributed by atoms with Crippen LogP contribution in [-0.2, 0) is 16.6 Å². The number of amides is 1. The Morgan fingerprint density at radius 2 is 2.11 bits per heavy atom. The monoisotopic (exact) mass is 316 g/mol. The van der Waals surface area contributed by atoms with Crippen LogP contribution in [0, 0.1) is 6.92 Å². The molecule has 0 unspecified atom stereocenters. The summed E-state index contributed by atoms with van der Waals surface area (Å²) >= 11 is 2.44. The summed E-state index contributed by atoms with van der Waals surface area (Å²) in [6.07, 6.45) is 0. The molecule has 8 heteroatoms. The molecule has 19 heavy (non-hydrogen) atoms. The molecule has 0 aromatic carbocycles. The fourth-order valence-electron chi connectivity index (χ4n) is 1.46. The molecule has 0 bridgehead atoms. The molecule has 102 valence electrons. The maximum absolute atomic E-state index is 11.9. The smallest absolute Gasteiger partial charge is 0.261 e. The first-order valence-electron chi connectivity index (χ1n) is 5.32. The molecule has 0 aliphatic carbocycles. The number of rotatable bonds is 4. The van der Waals surface area contributed by atoms with Crippen molar-refractivity contribution in [1.82, 2.24) is 5.32 Å². The third kappa shape index (κ3) is 3.41. The summed E-state index contributed by atoms with van der Waals surface area (Å²) < 4.78 is 22.3. The zero-order chi connectivity index (χ0) is 14.0. The van der Waals surface area contributed by atoms with E-state index in [1.807, 2.05) is 18.4 Å². The first-order chi connectivity index (χ1) is 8.88. The van der Waals surface area contributed by atoms with Gasteiger partial charge < -0.3 is 5.32 Å². The van der Waals surface area contributed by atoms with Gasteiger partial charge in [-0.05, 0) is 36.1 Å². The second-order valence-electron chi connectivity index (χ2n) is 3.88.